The van der Waals surface area contributed by atoms with Gasteiger partial charge in [-0.2, -0.15) is 0 Å². The molecule has 0 aliphatic carbocycles. The predicted octanol–water partition coefficient (Wildman–Crippen LogP) is 3.96. The van der Waals surface area contributed by atoms with Gasteiger partial charge in [-0.15, -0.1) is 0 Å². The molecule has 124 valence electrons. The fourth-order valence-electron chi connectivity index (χ4n) is 2.84. The average Bonchev–Trinajstić information content (AvgIpc) is 3.30. The van der Waals surface area contributed by atoms with Gasteiger partial charge in [-0.1, -0.05) is 36.4 Å². The van der Waals surface area contributed by atoms with Crippen molar-refractivity contribution in [1.29, 1.82) is 0 Å². The number of aryl methyl sites for hydroxylation is 2. The molecule has 0 bridgehead atoms. The number of hydrogen-bond donors (Lipinski definition) is 1. The first-order valence-corrected chi connectivity index (χ1v) is 8.16. The van der Waals surface area contributed by atoms with Gasteiger partial charge in [0, 0.05) is 6.20 Å². The monoisotopic (exact) mass is 331 g/mol. The SMILES string of the molecule is O=C(Nc1c(CCc2ccccc2)nc2ccccn12)c1ccco1. The van der Waals surface area contributed by atoms with E-state index in [0.29, 0.717) is 5.82 Å². The van der Waals surface area contributed by atoms with Gasteiger partial charge in [0.05, 0.1) is 12.0 Å². The van der Waals surface area contributed by atoms with E-state index in [-0.39, 0.29) is 11.7 Å². The Morgan fingerprint density at radius 3 is 2.64 bits per heavy atom. The lowest BCUT2D eigenvalue weighted by Gasteiger charge is -2.06. The molecule has 0 atom stereocenters. The summed E-state index contributed by atoms with van der Waals surface area (Å²) < 4.78 is 7.07. The average molecular weight is 331 g/mol. The smallest absolute Gasteiger partial charge is 0.292 e. The van der Waals surface area contributed by atoms with E-state index in [9.17, 15) is 4.79 Å². The highest BCUT2D eigenvalue weighted by Gasteiger charge is 2.17. The van der Waals surface area contributed by atoms with Crippen molar-refractivity contribution < 1.29 is 9.21 Å². The maximum Gasteiger partial charge on any atom is 0.292 e. The summed E-state index contributed by atoms with van der Waals surface area (Å²) >= 11 is 0. The molecule has 0 radical (unpaired) electrons. The molecule has 4 aromatic rings. The standard InChI is InChI=1S/C20H17N3O2/c24-20(17-9-6-14-25-17)22-19-16(12-11-15-7-2-1-3-8-15)21-18-10-4-5-13-23(18)19/h1-10,13-14H,11-12H2,(H,22,24). The molecule has 3 heterocycles. The second-order valence-corrected chi connectivity index (χ2v) is 5.75. The van der Waals surface area contributed by atoms with Crippen LogP contribution in [0.4, 0.5) is 5.82 Å². The number of rotatable bonds is 5. The molecule has 0 fully saturated rings. The number of imidazole rings is 1. The molecule has 5 nitrogen and oxygen atoms in total. The Labute approximate surface area is 144 Å². The zero-order valence-electron chi connectivity index (χ0n) is 13.6. The van der Waals surface area contributed by atoms with E-state index in [2.05, 4.69) is 22.4 Å². The van der Waals surface area contributed by atoms with Crippen LogP contribution in [0.2, 0.25) is 0 Å². The van der Waals surface area contributed by atoms with Gasteiger partial charge in [-0.3, -0.25) is 9.20 Å². The number of fused-ring (bicyclic) bond motifs is 1. The highest BCUT2D eigenvalue weighted by molar-refractivity contribution is 6.02. The number of hydrogen-bond acceptors (Lipinski definition) is 3. The van der Waals surface area contributed by atoms with E-state index < -0.39 is 0 Å². The fourth-order valence-corrected chi connectivity index (χ4v) is 2.84. The van der Waals surface area contributed by atoms with Crippen molar-refractivity contribution in [3.63, 3.8) is 0 Å². The van der Waals surface area contributed by atoms with Crippen molar-refractivity contribution >= 4 is 17.4 Å². The maximum absolute atomic E-state index is 12.4. The number of carbonyl (C=O) groups excluding carboxylic acids is 1. The normalized spacial score (nSPS) is 10.9. The van der Waals surface area contributed by atoms with Crippen molar-refractivity contribution in [1.82, 2.24) is 9.38 Å². The number of furan rings is 1. The number of carbonyl (C=O) groups is 1. The number of benzene rings is 1. The second kappa shape index (κ2) is 6.65. The molecule has 25 heavy (non-hydrogen) atoms. The largest absolute Gasteiger partial charge is 0.459 e. The summed E-state index contributed by atoms with van der Waals surface area (Å²) in [6.45, 7) is 0. The van der Waals surface area contributed by atoms with E-state index >= 15 is 0 Å². The van der Waals surface area contributed by atoms with E-state index in [0.717, 1.165) is 24.2 Å². The molecule has 1 amide bonds. The summed E-state index contributed by atoms with van der Waals surface area (Å²) in [6, 6.07) is 19.4. The highest BCUT2D eigenvalue weighted by Crippen LogP contribution is 2.21. The lowest BCUT2D eigenvalue weighted by Crippen LogP contribution is -2.14. The zero-order chi connectivity index (χ0) is 17.1. The third kappa shape index (κ3) is 3.17. The van der Waals surface area contributed by atoms with E-state index in [4.69, 9.17) is 4.42 Å². The lowest BCUT2D eigenvalue weighted by atomic mass is 10.1. The summed E-state index contributed by atoms with van der Waals surface area (Å²) in [7, 11) is 0. The van der Waals surface area contributed by atoms with Crippen LogP contribution < -0.4 is 5.32 Å². The number of aromatic nitrogens is 2. The number of anilines is 1. The van der Waals surface area contributed by atoms with Gasteiger partial charge in [0.1, 0.15) is 11.5 Å². The Morgan fingerprint density at radius 2 is 1.84 bits per heavy atom. The molecule has 0 spiro atoms. The molecule has 4 rings (SSSR count). The predicted molar refractivity (Wildman–Crippen MR) is 95.7 cm³/mol. The molecular weight excluding hydrogens is 314 g/mol. The summed E-state index contributed by atoms with van der Waals surface area (Å²) in [5.41, 5.74) is 2.90. The zero-order valence-corrected chi connectivity index (χ0v) is 13.6. The van der Waals surface area contributed by atoms with Crippen LogP contribution in [-0.2, 0) is 12.8 Å². The molecule has 0 saturated carbocycles. The third-order valence-electron chi connectivity index (χ3n) is 4.07. The molecule has 3 aromatic heterocycles. The Morgan fingerprint density at radius 1 is 1.00 bits per heavy atom. The van der Waals surface area contributed by atoms with Crippen molar-refractivity contribution in [3.8, 4) is 0 Å². The molecule has 0 unspecified atom stereocenters. The molecular formula is C20H17N3O2. The quantitative estimate of drug-likeness (QED) is 0.602. The van der Waals surface area contributed by atoms with Gasteiger partial charge in [-0.05, 0) is 42.7 Å². The molecule has 0 aliphatic heterocycles. The highest BCUT2D eigenvalue weighted by atomic mass is 16.3. The van der Waals surface area contributed by atoms with Crippen molar-refractivity contribution in [2.45, 2.75) is 12.8 Å². The van der Waals surface area contributed by atoms with Crippen molar-refractivity contribution in [2.75, 3.05) is 5.32 Å². The van der Waals surface area contributed by atoms with Crippen molar-refractivity contribution in [2.24, 2.45) is 0 Å². The number of nitrogens with zero attached hydrogens (tertiary/aromatic N) is 2. The first-order chi connectivity index (χ1) is 12.3. The minimum absolute atomic E-state index is 0.278. The molecule has 5 heteroatoms. The van der Waals surface area contributed by atoms with Crippen LogP contribution in [-0.4, -0.2) is 15.3 Å². The van der Waals surface area contributed by atoms with Gasteiger partial charge >= 0.3 is 0 Å². The third-order valence-corrected chi connectivity index (χ3v) is 4.07. The number of amides is 1. The van der Waals surface area contributed by atoms with Gasteiger partial charge < -0.3 is 9.73 Å². The number of nitrogens with one attached hydrogen (secondary N) is 1. The van der Waals surface area contributed by atoms with Crippen LogP contribution in [0.5, 0.6) is 0 Å². The van der Waals surface area contributed by atoms with Crippen molar-refractivity contribution in [3.05, 3.63) is 90.1 Å². The van der Waals surface area contributed by atoms with Gasteiger partial charge in [0.2, 0.25) is 0 Å². The van der Waals surface area contributed by atoms with Crippen LogP contribution >= 0.6 is 0 Å². The Bertz CT molecular complexity index is 988. The van der Waals surface area contributed by atoms with Gasteiger partial charge in [0.25, 0.3) is 5.91 Å². The maximum atomic E-state index is 12.4. The Hall–Kier alpha value is -3.34. The summed E-state index contributed by atoms with van der Waals surface area (Å²) in [5.74, 6) is 0.685. The molecule has 1 aromatic carbocycles. The van der Waals surface area contributed by atoms with Crippen LogP contribution in [0.25, 0.3) is 5.65 Å². The van der Waals surface area contributed by atoms with E-state index in [1.165, 1.54) is 11.8 Å². The second-order valence-electron chi connectivity index (χ2n) is 5.75. The van der Waals surface area contributed by atoms with Gasteiger partial charge in [-0.25, -0.2) is 4.98 Å². The van der Waals surface area contributed by atoms with E-state index in [1.54, 1.807) is 12.1 Å². The first kappa shape index (κ1) is 15.2. The fraction of sp³-hybridized carbons (Fsp3) is 0.100. The van der Waals surface area contributed by atoms with Crippen LogP contribution in [0.1, 0.15) is 21.8 Å². The molecule has 0 aliphatic rings. The van der Waals surface area contributed by atoms with Gasteiger partial charge in [0.15, 0.2) is 5.76 Å². The van der Waals surface area contributed by atoms with Crippen LogP contribution in [0, 0.1) is 0 Å². The van der Waals surface area contributed by atoms with E-state index in [1.807, 2.05) is 47.0 Å². The molecule has 1 N–H and O–H groups in total. The summed E-state index contributed by atoms with van der Waals surface area (Å²) in [4.78, 5) is 17.1. The van der Waals surface area contributed by atoms with Crippen LogP contribution in [0.3, 0.4) is 0 Å². The first-order valence-electron chi connectivity index (χ1n) is 8.16. The minimum atomic E-state index is -0.281. The van der Waals surface area contributed by atoms with Crippen LogP contribution in [0.15, 0.2) is 77.5 Å². The Kier molecular flexibility index (Phi) is 4.04. The molecule has 0 saturated heterocycles. The topological polar surface area (TPSA) is 59.5 Å². The Balaban J connectivity index is 1.64. The lowest BCUT2D eigenvalue weighted by molar-refractivity contribution is 0.0996. The number of pyridine rings is 1. The summed E-state index contributed by atoms with van der Waals surface area (Å²) in [5, 5.41) is 2.94. The minimum Gasteiger partial charge on any atom is -0.459 e. The summed E-state index contributed by atoms with van der Waals surface area (Å²) in [6.07, 6.45) is 4.97.